The van der Waals surface area contributed by atoms with Crippen molar-refractivity contribution in [1.82, 2.24) is 0 Å². The van der Waals surface area contributed by atoms with Gasteiger partial charge in [-0.15, -0.1) is 0 Å². The molecule has 2 bridgehead atoms. The summed E-state index contributed by atoms with van der Waals surface area (Å²) in [5.74, 6) is 1.23. The standard InChI is InChI=1S/C14H18/c1-9(2)13-11-5-7-12(8-6-11)14(13)10(3)4/h5,7,11-12H,1,3,6,8H2,2,4H3. The lowest BCUT2D eigenvalue weighted by Crippen LogP contribution is -2.23. The normalized spacial score (nSPS) is 29.6. The summed E-state index contributed by atoms with van der Waals surface area (Å²) in [4.78, 5) is 0. The number of allylic oxidation sites excluding steroid dienone is 6. The topological polar surface area (TPSA) is 0 Å². The molecule has 3 aliphatic rings. The van der Waals surface area contributed by atoms with E-state index in [2.05, 4.69) is 39.2 Å². The Morgan fingerprint density at radius 1 is 1.00 bits per heavy atom. The SMILES string of the molecule is C=C(C)C1=C(C(=C)C)C2C=CC1CC2. The van der Waals surface area contributed by atoms with Crippen LogP contribution in [0, 0.1) is 11.8 Å². The van der Waals surface area contributed by atoms with Gasteiger partial charge >= 0.3 is 0 Å². The Balaban J connectivity index is 2.52. The van der Waals surface area contributed by atoms with Crippen molar-refractivity contribution in [3.8, 4) is 0 Å². The maximum absolute atomic E-state index is 4.10. The maximum atomic E-state index is 4.10. The third-order valence-corrected chi connectivity index (χ3v) is 3.32. The van der Waals surface area contributed by atoms with Crippen LogP contribution in [-0.4, -0.2) is 0 Å². The van der Waals surface area contributed by atoms with Crippen molar-refractivity contribution in [3.05, 3.63) is 47.6 Å². The molecule has 0 spiro atoms. The zero-order chi connectivity index (χ0) is 10.3. The molecule has 0 fully saturated rings. The summed E-state index contributed by atoms with van der Waals surface area (Å²) in [6.45, 7) is 12.4. The maximum Gasteiger partial charge on any atom is 0.00239 e. The smallest absolute Gasteiger partial charge is 0.00239 e. The molecule has 0 heterocycles. The molecule has 2 unspecified atom stereocenters. The van der Waals surface area contributed by atoms with Crippen LogP contribution < -0.4 is 0 Å². The average Bonchev–Trinajstić information content (AvgIpc) is 2.17. The molecule has 3 aliphatic carbocycles. The van der Waals surface area contributed by atoms with Gasteiger partial charge in [-0.25, -0.2) is 0 Å². The molecular weight excluding hydrogens is 168 g/mol. The average molecular weight is 186 g/mol. The minimum atomic E-state index is 0.615. The first-order valence-corrected chi connectivity index (χ1v) is 5.35. The van der Waals surface area contributed by atoms with Crippen LogP contribution in [0.1, 0.15) is 26.7 Å². The van der Waals surface area contributed by atoms with Gasteiger partial charge in [-0.1, -0.05) is 36.5 Å². The monoisotopic (exact) mass is 186 g/mol. The van der Waals surface area contributed by atoms with Gasteiger partial charge in [-0.3, -0.25) is 0 Å². The van der Waals surface area contributed by atoms with E-state index in [0.29, 0.717) is 11.8 Å². The first kappa shape index (κ1) is 9.51. The van der Waals surface area contributed by atoms with E-state index in [0.717, 1.165) is 0 Å². The summed E-state index contributed by atoms with van der Waals surface area (Å²) in [5, 5.41) is 0. The first-order valence-electron chi connectivity index (χ1n) is 5.35. The molecule has 3 rings (SSSR count). The second kappa shape index (κ2) is 3.27. The molecule has 0 aliphatic heterocycles. The second-order valence-corrected chi connectivity index (χ2v) is 4.56. The Labute approximate surface area is 86.7 Å². The van der Waals surface area contributed by atoms with E-state index in [-0.39, 0.29) is 0 Å². The highest BCUT2D eigenvalue weighted by atomic mass is 14.4. The highest BCUT2D eigenvalue weighted by Crippen LogP contribution is 2.45. The lowest BCUT2D eigenvalue weighted by atomic mass is 9.68. The van der Waals surface area contributed by atoms with Crippen LogP contribution in [0.2, 0.25) is 0 Å². The predicted octanol–water partition coefficient (Wildman–Crippen LogP) is 4.03. The van der Waals surface area contributed by atoms with Gasteiger partial charge in [0.05, 0.1) is 0 Å². The first-order chi connectivity index (χ1) is 6.61. The Hall–Kier alpha value is -1.04. The van der Waals surface area contributed by atoms with Crippen LogP contribution in [-0.2, 0) is 0 Å². The molecule has 0 aromatic rings. The van der Waals surface area contributed by atoms with Gasteiger partial charge < -0.3 is 0 Å². The summed E-state index contributed by atoms with van der Waals surface area (Å²) < 4.78 is 0. The molecule has 0 saturated heterocycles. The molecule has 2 atom stereocenters. The Kier molecular flexibility index (Phi) is 2.22. The molecule has 0 aromatic heterocycles. The van der Waals surface area contributed by atoms with E-state index in [1.807, 2.05) is 0 Å². The van der Waals surface area contributed by atoms with Crippen molar-refractivity contribution in [2.75, 3.05) is 0 Å². The summed E-state index contributed by atoms with van der Waals surface area (Å²) in [6.07, 6.45) is 7.29. The molecule has 0 heteroatoms. The van der Waals surface area contributed by atoms with Crippen molar-refractivity contribution in [3.63, 3.8) is 0 Å². The van der Waals surface area contributed by atoms with Crippen LogP contribution in [0.5, 0.6) is 0 Å². The quantitative estimate of drug-likeness (QED) is 0.571. The summed E-state index contributed by atoms with van der Waals surface area (Å²) in [5.41, 5.74) is 5.39. The van der Waals surface area contributed by atoms with E-state index in [4.69, 9.17) is 0 Å². The zero-order valence-corrected chi connectivity index (χ0v) is 9.14. The van der Waals surface area contributed by atoms with Crippen LogP contribution in [0.15, 0.2) is 47.6 Å². The number of hydrogen-bond donors (Lipinski definition) is 0. The van der Waals surface area contributed by atoms with Gasteiger partial charge in [0, 0.05) is 11.8 Å². The number of hydrogen-bond acceptors (Lipinski definition) is 0. The second-order valence-electron chi connectivity index (χ2n) is 4.56. The van der Waals surface area contributed by atoms with Crippen molar-refractivity contribution in [1.29, 1.82) is 0 Å². The van der Waals surface area contributed by atoms with E-state index in [1.165, 1.54) is 35.1 Å². The molecule has 0 nitrogen and oxygen atoms in total. The van der Waals surface area contributed by atoms with Gasteiger partial charge in [-0.05, 0) is 37.8 Å². The molecule has 0 radical (unpaired) electrons. The highest BCUT2D eigenvalue weighted by molar-refractivity contribution is 5.50. The van der Waals surface area contributed by atoms with Crippen molar-refractivity contribution in [2.24, 2.45) is 11.8 Å². The fraction of sp³-hybridized carbons (Fsp3) is 0.429. The third-order valence-electron chi connectivity index (χ3n) is 3.32. The fourth-order valence-electron chi connectivity index (χ4n) is 2.79. The summed E-state index contributed by atoms with van der Waals surface area (Å²) in [6, 6.07) is 0. The predicted molar refractivity (Wildman–Crippen MR) is 62.0 cm³/mol. The van der Waals surface area contributed by atoms with Crippen LogP contribution in [0.25, 0.3) is 0 Å². The highest BCUT2D eigenvalue weighted by Gasteiger charge is 2.31. The van der Waals surface area contributed by atoms with Gasteiger partial charge in [0.2, 0.25) is 0 Å². The molecule has 0 N–H and O–H groups in total. The lowest BCUT2D eigenvalue weighted by Gasteiger charge is -2.36. The van der Waals surface area contributed by atoms with Crippen LogP contribution >= 0.6 is 0 Å². The summed E-state index contributed by atoms with van der Waals surface area (Å²) in [7, 11) is 0. The van der Waals surface area contributed by atoms with Gasteiger partial charge in [-0.2, -0.15) is 0 Å². The van der Waals surface area contributed by atoms with Crippen molar-refractivity contribution >= 4 is 0 Å². The Morgan fingerprint density at radius 2 is 1.36 bits per heavy atom. The van der Waals surface area contributed by atoms with Crippen molar-refractivity contribution in [2.45, 2.75) is 26.7 Å². The fourth-order valence-corrected chi connectivity index (χ4v) is 2.79. The summed E-state index contributed by atoms with van der Waals surface area (Å²) >= 11 is 0. The molecule has 0 aromatic carbocycles. The van der Waals surface area contributed by atoms with Crippen molar-refractivity contribution < 1.29 is 0 Å². The van der Waals surface area contributed by atoms with E-state index < -0.39 is 0 Å². The Bertz CT molecular complexity index is 318. The van der Waals surface area contributed by atoms with E-state index in [9.17, 15) is 0 Å². The van der Waals surface area contributed by atoms with E-state index in [1.54, 1.807) is 0 Å². The molecule has 14 heavy (non-hydrogen) atoms. The third kappa shape index (κ3) is 1.30. The lowest BCUT2D eigenvalue weighted by molar-refractivity contribution is 0.489. The van der Waals surface area contributed by atoms with Crippen LogP contribution in [0.3, 0.4) is 0 Å². The van der Waals surface area contributed by atoms with Gasteiger partial charge in [0.1, 0.15) is 0 Å². The molecule has 0 saturated carbocycles. The molecular formula is C14H18. The largest absolute Gasteiger partial charge is 0.0958 e. The van der Waals surface area contributed by atoms with Gasteiger partial charge in [0.15, 0.2) is 0 Å². The Morgan fingerprint density at radius 3 is 1.57 bits per heavy atom. The minimum absolute atomic E-state index is 0.615. The number of fused-ring (bicyclic) bond motifs is 1. The molecule has 0 amide bonds. The van der Waals surface area contributed by atoms with Gasteiger partial charge in [0.25, 0.3) is 0 Å². The molecule has 74 valence electrons. The minimum Gasteiger partial charge on any atom is -0.0958 e. The van der Waals surface area contributed by atoms with E-state index >= 15 is 0 Å². The number of rotatable bonds is 2. The van der Waals surface area contributed by atoms with Crippen LogP contribution in [0.4, 0.5) is 0 Å². The zero-order valence-electron chi connectivity index (χ0n) is 9.14.